The van der Waals surface area contributed by atoms with Gasteiger partial charge in [0.1, 0.15) is 0 Å². The van der Waals surface area contributed by atoms with Gasteiger partial charge in [-0.15, -0.1) is 0 Å². The minimum atomic E-state index is -0.188. The summed E-state index contributed by atoms with van der Waals surface area (Å²) in [4.78, 5) is 24.2. The molecule has 0 saturated heterocycles. The molecule has 1 aliphatic carbocycles. The van der Waals surface area contributed by atoms with E-state index in [1.165, 1.54) is 0 Å². The molecule has 2 amide bonds. The third kappa shape index (κ3) is 5.17. The van der Waals surface area contributed by atoms with Gasteiger partial charge in [-0.2, -0.15) is 0 Å². The number of ether oxygens (including phenoxy) is 1. The van der Waals surface area contributed by atoms with Crippen molar-refractivity contribution in [1.82, 2.24) is 0 Å². The van der Waals surface area contributed by atoms with Crippen molar-refractivity contribution in [2.45, 2.75) is 39.4 Å². The first-order valence-electron chi connectivity index (χ1n) is 8.94. The van der Waals surface area contributed by atoms with Crippen LogP contribution in [0.1, 0.15) is 42.6 Å². The lowest BCUT2D eigenvalue weighted by Gasteiger charge is -2.10. The third-order valence-corrected chi connectivity index (χ3v) is 4.13. The number of carbonyl (C=O) groups excluding carboxylic acids is 2. The van der Waals surface area contributed by atoms with Crippen molar-refractivity contribution in [1.29, 1.82) is 0 Å². The minimum Gasteiger partial charge on any atom is -0.374 e. The van der Waals surface area contributed by atoms with Gasteiger partial charge in [-0.25, -0.2) is 0 Å². The zero-order valence-electron chi connectivity index (χ0n) is 15.1. The van der Waals surface area contributed by atoms with E-state index in [-0.39, 0.29) is 23.8 Å². The van der Waals surface area contributed by atoms with Crippen molar-refractivity contribution < 1.29 is 14.3 Å². The van der Waals surface area contributed by atoms with E-state index in [0.717, 1.165) is 24.1 Å². The first kappa shape index (κ1) is 18.1. The van der Waals surface area contributed by atoms with Gasteiger partial charge in [0, 0.05) is 22.9 Å². The lowest BCUT2D eigenvalue weighted by molar-refractivity contribution is -0.117. The fourth-order valence-corrected chi connectivity index (χ4v) is 2.50. The molecule has 136 valence electrons. The van der Waals surface area contributed by atoms with Gasteiger partial charge in [0.2, 0.25) is 5.91 Å². The summed E-state index contributed by atoms with van der Waals surface area (Å²) in [5.74, 6) is 0.0274. The standard InChI is InChI=1S/C21H24N2O3/c1-14(2)26-13-15-4-3-5-19(12-15)23-21(25)17-8-10-18(11-9-17)22-20(24)16-6-7-16/h3-5,8-12,14,16H,6-7,13H2,1-2H3,(H,22,24)(H,23,25). The number of hydrogen-bond acceptors (Lipinski definition) is 3. The molecule has 0 unspecified atom stereocenters. The second-order valence-electron chi connectivity index (χ2n) is 6.86. The summed E-state index contributed by atoms with van der Waals surface area (Å²) < 4.78 is 5.59. The molecule has 0 radical (unpaired) electrons. The van der Waals surface area contributed by atoms with Crippen molar-refractivity contribution in [3.8, 4) is 0 Å². The van der Waals surface area contributed by atoms with Crippen LogP contribution in [0.3, 0.4) is 0 Å². The number of hydrogen-bond donors (Lipinski definition) is 2. The zero-order valence-corrected chi connectivity index (χ0v) is 15.1. The predicted octanol–water partition coefficient (Wildman–Crippen LogP) is 4.21. The van der Waals surface area contributed by atoms with Crippen molar-refractivity contribution in [3.05, 3.63) is 59.7 Å². The van der Waals surface area contributed by atoms with Gasteiger partial charge in [-0.05, 0) is 68.7 Å². The summed E-state index contributed by atoms with van der Waals surface area (Å²) in [7, 11) is 0. The molecule has 1 fully saturated rings. The van der Waals surface area contributed by atoms with Crippen LogP contribution in [0.5, 0.6) is 0 Å². The maximum Gasteiger partial charge on any atom is 0.255 e. The number of benzene rings is 2. The second kappa shape index (κ2) is 8.15. The third-order valence-electron chi connectivity index (χ3n) is 4.13. The van der Waals surface area contributed by atoms with Crippen molar-refractivity contribution in [2.75, 3.05) is 10.6 Å². The molecule has 3 rings (SSSR count). The summed E-state index contributed by atoms with van der Waals surface area (Å²) in [5, 5.41) is 5.76. The zero-order chi connectivity index (χ0) is 18.5. The smallest absolute Gasteiger partial charge is 0.255 e. The van der Waals surface area contributed by atoms with Crippen LogP contribution >= 0.6 is 0 Å². The Morgan fingerprint density at radius 3 is 2.42 bits per heavy atom. The summed E-state index contributed by atoms with van der Waals surface area (Å²) in [6.07, 6.45) is 2.09. The van der Waals surface area contributed by atoms with E-state index in [2.05, 4.69) is 10.6 Å². The molecule has 5 heteroatoms. The van der Waals surface area contributed by atoms with E-state index in [4.69, 9.17) is 4.74 Å². The maximum absolute atomic E-state index is 12.4. The average Bonchev–Trinajstić information content (AvgIpc) is 3.46. The number of nitrogens with one attached hydrogen (secondary N) is 2. The number of rotatable bonds is 7. The number of amides is 2. The summed E-state index contributed by atoms with van der Waals surface area (Å²) >= 11 is 0. The van der Waals surface area contributed by atoms with Crippen LogP contribution in [-0.2, 0) is 16.1 Å². The normalized spacial score (nSPS) is 13.5. The van der Waals surface area contributed by atoms with E-state index in [0.29, 0.717) is 17.9 Å². The van der Waals surface area contributed by atoms with Crippen molar-refractivity contribution in [3.63, 3.8) is 0 Å². The first-order valence-corrected chi connectivity index (χ1v) is 8.94. The van der Waals surface area contributed by atoms with Crippen LogP contribution in [0.2, 0.25) is 0 Å². The molecule has 0 aliphatic heterocycles. The van der Waals surface area contributed by atoms with Gasteiger partial charge in [-0.1, -0.05) is 12.1 Å². The Bertz CT molecular complexity index is 780. The molecule has 0 aromatic heterocycles. The molecule has 2 N–H and O–H groups in total. The van der Waals surface area contributed by atoms with Gasteiger partial charge in [0.15, 0.2) is 0 Å². The highest BCUT2D eigenvalue weighted by atomic mass is 16.5. The van der Waals surface area contributed by atoms with E-state index in [9.17, 15) is 9.59 Å². The Balaban J connectivity index is 1.58. The van der Waals surface area contributed by atoms with Gasteiger partial charge in [0.05, 0.1) is 12.7 Å². The van der Waals surface area contributed by atoms with Crippen LogP contribution in [0.25, 0.3) is 0 Å². The molecule has 1 aliphatic rings. The Hall–Kier alpha value is -2.66. The Morgan fingerprint density at radius 2 is 1.77 bits per heavy atom. The molecule has 0 heterocycles. The van der Waals surface area contributed by atoms with Crippen LogP contribution in [0.4, 0.5) is 11.4 Å². The Kier molecular flexibility index (Phi) is 5.68. The molecule has 0 spiro atoms. The first-order chi connectivity index (χ1) is 12.5. The maximum atomic E-state index is 12.4. The fraction of sp³-hybridized carbons (Fsp3) is 0.333. The Labute approximate surface area is 153 Å². The van der Waals surface area contributed by atoms with Gasteiger partial charge in [-0.3, -0.25) is 9.59 Å². The van der Waals surface area contributed by atoms with E-state index in [1.807, 2.05) is 38.1 Å². The van der Waals surface area contributed by atoms with Gasteiger partial charge >= 0.3 is 0 Å². The number of carbonyl (C=O) groups is 2. The highest BCUT2D eigenvalue weighted by Crippen LogP contribution is 2.30. The van der Waals surface area contributed by atoms with Crippen LogP contribution in [0, 0.1) is 5.92 Å². The number of anilines is 2. The molecule has 0 atom stereocenters. The molecule has 26 heavy (non-hydrogen) atoms. The largest absolute Gasteiger partial charge is 0.374 e. The van der Waals surface area contributed by atoms with Crippen LogP contribution in [-0.4, -0.2) is 17.9 Å². The lowest BCUT2D eigenvalue weighted by Crippen LogP contribution is -2.14. The van der Waals surface area contributed by atoms with Crippen molar-refractivity contribution >= 4 is 23.2 Å². The van der Waals surface area contributed by atoms with Crippen LogP contribution in [0.15, 0.2) is 48.5 Å². The highest BCUT2D eigenvalue weighted by Gasteiger charge is 2.29. The highest BCUT2D eigenvalue weighted by molar-refractivity contribution is 6.04. The molecule has 0 bridgehead atoms. The molecule has 2 aromatic carbocycles. The monoisotopic (exact) mass is 352 g/mol. The quantitative estimate of drug-likeness (QED) is 0.784. The lowest BCUT2D eigenvalue weighted by atomic mass is 10.1. The van der Waals surface area contributed by atoms with Crippen LogP contribution < -0.4 is 10.6 Å². The van der Waals surface area contributed by atoms with E-state index < -0.39 is 0 Å². The molecule has 2 aromatic rings. The van der Waals surface area contributed by atoms with E-state index >= 15 is 0 Å². The molecular weight excluding hydrogens is 328 g/mol. The minimum absolute atomic E-state index is 0.0580. The molecular formula is C21H24N2O3. The summed E-state index contributed by atoms with van der Waals surface area (Å²) in [6.45, 7) is 4.49. The fourth-order valence-electron chi connectivity index (χ4n) is 2.50. The SMILES string of the molecule is CC(C)OCc1cccc(NC(=O)c2ccc(NC(=O)C3CC3)cc2)c1. The van der Waals surface area contributed by atoms with Gasteiger partial charge in [0.25, 0.3) is 5.91 Å². The van der Waals surface area contributed by atoms with Crippen molar-refractivity contribution in [2.24, 2.45) is 5.92 Å². The molecule has 5 nitrogen and oxygen atoms in total. The predicted molar refractivity (Wildman–Crippen MR) is 102 cm³/mol. The van der Waals surface area contributed by atoms with E-state index in [1.54, 1.807) is 24.3 Å². The van der Waals surface area contributed by atoms with Gasteiger partial charge < -0.3 is 15.4 Å². The molecule has 1 saturated carbocycles. The summed E-state index contributed by atoms with van der Waals surface area (Å²) in [5.41, 5.74) is 2.99. The second-order valence-corrected chi connectivity index (χ2v) is 6.86. The topological polar surface area (TPSA) is 67.4 Å². The summed E-state index contributed by atoms with van der Waals surface area (Å²) in [6, 6.07) is 14.5. The Morgan fingerprint density at radius 1 is 1.04 bits per heavy atom. The average molecular weight is 352 g/mol.